The van der Waals surface area contributed by atoms with Crippen LogP contribution in [0.2, 0.25) is 0 Å². The van der Waals surface area contributed by atoms with Crippen LogP contribution in [0.4, 0.5) is 4.79 Å². The van der Waals surface area contributed by atoms with E-state index < -0.39 is 41.3 Å². The average molecular weight is 513 g/mol. The molecule has 0 aromatic heterocycles. The second kappa shape index (κ2) is 11.7. The number of hydrogen-bond donors (Lipinski definition) is 2. The van der Waals surface area contributed by atoms with Crippen LogP contribution in [0.5, 0.6) is 0 Å². The maximum atomic E-state index is 13.6. The minimum atomic E-state index is -1.76. The highest BCUT2D eigenvalue weighted by Crippen LogP contribution is 2.44. The second-order valence-electron chi connectivity index (χ2n) is 10.2. The molecule has 1 aliphatic rings. The summed E-state index contributed by atoms with van der Waals surface area (Å²) in [6.45, 7) is 4.44. The Morgan fingerprint density at radius 1 is 0.946 bits per heavy atom. The van der Waals surface area contributed by atoms with Crippen LogP contribution in [-0.2, 0) is 37.0 Å². The molecule has 9 heteroatoms. The fraction of sp³-hybridized carbons (Fsp3) is 0.464. The van der Waals surface area contributed by atoms with Crippen LogP contribution in [0.25, 0.3) is 0 Å². The molecule has 0 radical (unpaired) electrons. The molecule has 2 unspecified atom stereocenters. The highest BCUT2D eigenvalue weighted by molar-refractivity contribution is 5.96. The largest absolute Gasteiger partial charge is 0.467 e. The summed E-state index contributed by atoms with van der Waals surface area (Å²) in [5.41, 5.74) is -2.65. The SMILES string of the molecule is COC(=O)C1(COCc2ccccc2)CCC(CO)(C(=O)NCc2ccccc2)N1C(=O)OC(C)(C)C. The fourth-order valence-corrected chi connectivity index (χ4v) is 4.57. The van der Waals surface area contributed by atoms with E-state index in [0.717, 1.165) is 16.0 Å². The van der Waals surface area contributed by atoms with Crippen LogP contribution in [0.1, 0.15) is 44.7 Å². The molecule has 0 saturated carbocycles. The molecule has 0 bridgehead atoms. The fourth-order valence-electron chi connectivity index (χ4n) is 4.57. The molecule has 1 heterocycles. The number of aliphatic hydroxyl groups excluding tert-OH is 1. The van der Waals surface area contributed by atoms with Gasteiger partial charge in [-0.05, 0) is 44.7 Å². The lowest BCUT2D eigenvalue weighted by Gasteiger charge is -2.43. The number of nitrogens with zero attached hydrogens (tertiary/aromatic N) is 1. The lowest BCUT2D eigenvalue weighted by atomic mass is 9.95. The minimum absolute atomic E-state index is 0.00711. The van der Waals surface area contributed by atoms with Gasteiger partial charge in [-0.3, -0.25) is 9.69 Å². The van der Waals surface area contributed by atoms with Gasteiger partial charge in [-0.1, -0.05) is 60.7 Å². The van der Waals surface area contributed by atoms with Gasteiger partial charge in [-0.15, -0.1) is 0 Å². The summed E-state index contributed by atoms with van der Waals surface area (Å²) in [7, 11) is 1.21. The molecule has 200 valence electrons. The topological polar surface area (TPSA) is 114 Å². The van der Waals surface area contributed by atoms with Gasteiger partial charge in [0.05, 0.1) is 26.9 Å². The number of hydrogen-bond acceptors (Lipinski definition) is 7. The van der Waals surface area contributed by atoms with Gasteiger partial charge in [-0.25, -0.2) is 9.59 Å². The van der Waals surface area contributed by atoms with E-state index in [-0.39, 0.29) is 32.6 Å². The maximum absolute atomic E-state index is 13.6. The van der Waals surface area contributed by atoms with Crippen LogP contribution in [-0.4, -0.2) is 65.0 Å². The van der Waals surface area contributed by atoms with Crippen molar-refractivity contribution >= 4 is 18.0 Å². The minimum Gasteiger partial charge on any atom is -0.467 e. The third-order valence-electron chi connectivity index (χ3n) is 6.38. The van der Waals surface area contributed by atoms with Crippen LogP contribution >= 0.6 is 0 Å². The maximum Gasteiger partial charge on any atom is 0.412 e. The van der Waals surface area contributed by atoms with Crippen molar-refractivity contribution in [2.75, 3.05) is 20.3 Å². The molecule has 1 aliphatic heterocycles. The lowest BCUT2D eigenvalue weighted by molar-refractivity contribution is -0.163. The molecule has 37 heavy (non-hydrogen) atoms. The summed E-state index contributed by atoms with van der Waals surface area (Å²) in [4.78, 5) is 41.6. The van der Waals surface area contributed by atoms with Crippen LogP contribution in [0, 0.1) is 0 Å². The summed E-state index contributed by atoms with van der Waals surface area (Å²) in [5, 5.41) is 13.4. The number of amides is 2. The van der Waals surface area contributed by atoms with Gasteiger partial charge in [0.15, 0.2) is 5.54 Å². The van der Waals surface area contributed by atoms with Crippen LogP contribution < -0.4 is 5.32 Å². The average Bonchev–Trinajstić information content (AvgIpc) is 3.23. The lowest BCUT2D eigenvalue weighted by Crippen LogP contribution is -2.68. The van der Waals surface area contributed by atoms with Crippen molar-refractivity contribution in [2.45, 2.75) is 63.4 Å². The van der Waals surface area contributed by atoms with Crippen molar-refractivity contribution in [3.63, 3.8) is 0 Å². The first-order valence-corrected chi connectivity index (χ1v) is 12.2. The van der Waals surface area contributed by atoms with Gasteiger partial charge < -0.3 is 24.6 Å². The second-order valence-corrected chi connectivity index (χ2v) is 10.2. The first kappa shape index (κ1) is 28.1. The number of likely N-dealkylation sites (tertiary alicyclic amines) is 1. The van der Waals surface area contributed by atoms with Crippen molar-refractivity contribution < 1.29 is 33.7 Å². The quantitative estimate of drug-likeness (QED) is 0.496. The summed E-state index contributed by atoms with van der Waals surface area (Å²) >= 11 is 0. The molecule has 2 N–H and O–H groups in total. The zero-order valence-electron chi connectivity index (χ0n) is 21.9. The molecule has 2 amide bonds. The molecule has 0 spiro atoms. The van der Waals surface area contributed by atoms with Crippen molar-refractivity contribution in [1.29, 1.82) is 0 Å². The molecule has 2 aromatic rings. The number of rotatable bonds is 9. The number of methoxy groups -OCH3 is 1. The predicted octanol–water partition coefficient (Wildman–Crippen LogP) is 3.19. The molecule has 2 aromatic carbocycles. The van der Waals surface area contributed by atoms with Crippen molar-refractivity contribution in [3.8, 4) is 0 Å². The van der Waals surface area contributed by atoms with Gasteiger partial charge in [0.1, 0.15) is 11.1 Å². The predicted molar refractivity (Wildman–Crippen MR) is 136 cm³/mol. The van der Waals surface area contributed by atoms with E-state index in [2.05, 4.69) is 5.32 Å². The Balaban J connectivity index is 1.97. The summed E-state index contributed by atoms with van der Waals surface area (Å²) in [6.07, 6.45) is -0.872. The zero-order chi connectivity index (χ0) is 27.1. The smallest absolute Gasteiger partial charge is 0.412 e. The van der Waals surface area contributed by atoms with E-state index >= 15 is 0 Å². The van der Waals surface area contributed by atoms with Gasteiger partial charge >= 0.3 is 12.1 Å². The molecule has 1 fully saturated rings. The highest BCUT2D eigenvalue weighted by atomic mass is 16.6. The van der Waals surface area contributed by atoms with E-state index in [0.29, 0.717) is 0 Å². The van der Waals surface area contributed by atoms with Gasteiger partial charge in [0.25, 0.3) is 0 Å². The summed E-state index contributed by atoms with van der Waals surface area (Å²) < 4.78 is 16.7. The van der Waals surface area contributed by atoms with Gasteiger partial charge in [0, 0.05) is 6.54 Å². The van der Waals surface area contributed by atoms with Crippen LogP contribution in [0.3, 0.4) is 0 Å². The molecule has 2 atom stereocenters. The standard InChI is InChI=1S/C28H36N2O7/c1-26(2,3)37-25(34)30-27(19-31,23(32)29-17-21-11-7-5-8-12-21)15-16-28(30,24(33)35-4)20-36-18-22-13-9-6-10-14-22/h5-14,31H,15-20H2,1-4H3,(H,29,32). The number of esters is 1. The molecule has 3 rings (SSSR count). The Bertz CT molecular complexity index is 1070. The summed E-state index contributed by atoms with van der Waals surface area (Å²) in [6, 6.07) is 18.6. The van der Waals surface area contributed by atoms with E-state index in [1.807, 2.05) is 60.7 Å². The normalized spacial score (nSPS) is 21.4. The third kappa shape index (κ3) is 6.29. The number of carbonyl (C=O) groups excluding carboxylic acids is 3. The Labute approximate surface area is 217 Å². The monoisotopic (exact) mass is 512 g/mol. The van der Waals surface area contributed by atoms with Crippen molar-refractivity contribution in [2.24, 2.45) is 0 Å². The first-order chi connectivity index (χ1) is 17.6. The van der Waals surface area contributed by atoms with Gasteiger partial charge in [0.2, 0.25) is 5.91 Å². The Hall–Kier alpha value is -3.43. The van der Waals surface area contributed by atoms with Crippen LogP contribution in [0.15, 0.2) is 60.7 Å². The summed E-state index contributed by atoms with van der Waals surface area (Å²) in [5.74, 6) is -1.35. The number of aliphatic hydroxyl groups is 1. The van der Waals surface area contributed by atoms with E-state index in [1.54, 1.807) is 20.8 Å². The number of carbonyl (C=O) groups is 3. The third-order valence-corrected chi connectivity index (χ3v) is 6.38. The number of benzene rings is 2. The molecular formula is C28H36N2O7. The molecular weight excluding hydrogens is 476 g/mol. The zero-order valence-corrected chi connectivity index (χ0v) is 21.9. The van der Waals surface area contributed by atoms with Crippen molar-refractivity contribution in [1.82, 2.24) is 10.2 Å². The van der Waals surface area contributed by atoms with E-state index in [4.69, 9.17) is 14.2 Å². The molecule has 1 saturated heterocycles. The first-order valence-electron chi connectivity index (χ1n) is 12.2. The Morgan fingerprint density at radius 2 is 1.51 bits per heavy atom. The van der Waals surface area contributed by atoms with E-state index in [9.17, 15) is 19.5 Å². The molecule has 9 nitrogen and oxygen atoms in total. The van der Waals surface area contributed by atoms with E-state index in [1.165, 1.54) is 7.11 Å². The highest BCUT2D eigenvalue weighted by Gasteiger charge is 2.65. The Kier molecular flexibility index (Phi) is 8.94. The Morgan fingerprint density at radius 3 is 2.05 bits per heavy atom. The number of nitrogens with one attached hydrogen (secondary N) is 1. The van der Waals surface area contributed by atoms with Gasteiger partial charge in [-0.2, -0.15) is 0 Å². The number of ether oxygens (including phenoxy) is 3. The molecule has 0 aliphatic carbocycles. The van der Waals surface area contributed by atoms with Crippen molar-refractivity contribution in [3.05, 3.63) is 71.8 Å².